The molecule has 1 aliphatic rings. The van der Waals surface area contributed by atoms with Crippen LogP contribution in [-0.4, -0.2) is 16.6 Å². The Morgan fingerprint density at radius 2 is 2.28 bits per heavy atom. The van der Waals surface area contributed by atoms with E-state index in [1.165, 1.54) is 28.7 Å². The number of aromatic nitrogens is 2. The third kappa shape index (κ3) is 2.08. The monoisotopic (exact) mass is 263 g/mol. The fourth-order valence-corrected chi connectivity index (χ4v) is 3.51. The van der Waals surface area contributed by atoms with E-state index in [0.717, 1.165) is 17.1 Å². The minimum absolute atomic E-state index is 0.503. The van der Waals surface area contributed by atoms with Gasteiger partial charge in [-0.2, -0.15) is 0 Å². The van der Waals surface area contributed by atoms with Crippen LogP contribution in [0.3, 0.4) is 0 Å². The molecule has 2 aromatic heterocycles. The van der Waals surface area contributed by atoms with Crippen LogP contribution in [0.4, 0.5) is 5.82 Å². The third-order valence-corrected chi connectivity index (χ3v) is 4.29. The number of hydrogen-bond donors (Lipinski definition) is 1. The van der Waals surface area contributed by atoms with Gasteiger partial charge in [0.15, 0.2) is 5.82 Å². The summed E-state index contributed by atoms with van der Waals surface area (Å²) in [4.78, 5) is 16.7. The van der Waals surface area contributed by atoms with Gasteiger partial charge in [0.1, 0.15) is 11.2 Å². The summed E-state index contributed by atoms with van der Waals surface area (Å²) in [7, 11) is 0. The summed E-state index contributed by atoms with van der Waals surface area (Å²) in [5, 5.41) is 1.17. The second kappa shape index (κ2) is 4.82. The standard InChI is InChI=1S/C13H17N3OS/c1-8(2)6-17-16-12-11-9-4-3-5-10(9)18-13(11)15-7-14-12/h7-8H,3-6H2,1-2H3,(H,14,15,16). The van der Waals surface area contributed by atoms with Crippen LogP contribution in [0.5, 0.6) is 0 Å². The van der Waals surface area contributed by atoms with Crippen LogP contribution in [0.25, 0.3) is 10.2 Å². The fourth-order valence-electron chi connectivity index (χ4n) is 2.28. The van der Waals surface area contributed by atoms with E-state index in [0.29, 0.717) is 12.5 Å². The van der Waals surface area contributed by atoms with Crippen LogP contribution in [0.1, 0.15) is 30.7 Å². The predicted octanol–water partition coefficient (Wildman–Crippen LogP) is 3.18. The van der Waals surface area contributed by atoms with E-state index in [-0.39, 0.29) is 0 Å². The van der Waals surface area contributed by atoms with E-state index >= 15 is 0 Å². The Hall–Kier alpha value is -1.20. The van der Waals surface area contributed by atoms with Crippen LogP contribution >= 0.6 is 11.3 Å². The smallest absolute Gasteiger partial charge is 0.162 e. The molecule has 5 heteroatoms. The number of anilines is 1. The van der Waals surface area contributed by atoms with Gasteiger partial charge in [-0.1, -0.05) is 13.8 Å². The van der Waals surface area contributed by atoms with E-state index in [4.69, 9.17) is 4.84 Å². The highest BCUT2D eigenvalue weighted by Crippen LogP contribution is 2.38. The Bertz CT molecular complexity index is 565. The molecule has 0 saturated heterocycles. The van der Waals surface area contributed by atoms with Crippen LogP contribution < -0.4 is 5.48 Å². The highest BCUT2D eigenvalue weighted by atomic mass is 32.1. The van der Waals surface area contributed by atoms with Crippen LogP contribution in [0.2, 0.25) is 0 Å². The number of rotatable bonds is 4. The average Bonchev–Trinajstić information content (AvgIpc) is 2.88. The van der Waals surface area contributed by atoms with Gasteiger partial charge in [0, 0.05) is 4.88 Å². The highest BCUT2D eigenvalue weighted by molar-refractivity contribution is 7.19. The van der Waals surface area contributed by atoms with Gasteiger partial charge < -0.3 is 0 Å². The molecule has 0 amide bonds. The molecule has 0 aliphatic heterocycles. The highest BCUT2D eigenvalue weighted by Gasteiger charge is 2.21. The first kappa shape index (κ1) is 11.9. The number of aryl methyl sites for hydroxylation is 2. The zero-order chi connectivity index (χ0) is 12.5. The van der Waals surface area contributed by atoms with Gasteiger partial charge in [0.2, 0.25) is 0 Å². The van der Waals surface area contributed by atoms with Gasteiger partial charge in [-0.25, -0.2) is 15.4 Å². The van der Waals surface area contributed by atoms with Crippen LogP contribution in [0, 0.1) is 5.92 Å². The van der Waals surface area contributed by atoms with Crippen molar-refractivity contribution < 1.29 is 4.84 Å². The number of thiophene rings is 1. The third-order valence-electron chi connectivity index (χ3n) is 3.09. The zero-order valence-electron chi connectivity index (χ0n) is 10.7. The SMILES string of the molecule is CC(C)CONc1ncnc2sc3c(c12)CCC3. The first-order valence-electron chi connectivity index (χ1n) is 6.38. The summed E-state index contributed by atoms with van der Waals surface area (Å²) in [6.45, 7) is 4.93. The second-order valence-electron chi connectivity index (χ2n) is 5.07. The fraction of sp³-hybridized carbons (Fsp3) is 0.538. The number of hydrogen-bond acceptors (Lipinski definition) is 5. The largest absolute Gasteiger partial charge is 0.274 e. The topological polar surface area (TPSA) is 47.0 Å². The summed E-state index contributed by atoms with van der Waals surface area (Å²) in [6, 6.07) is 0. The quantitative estimate of drug-likeness (QED) is 0.861. The van der Waals surface area contributed by atoms with Gasteiger partial charge >= 0.3 is 0 Å². The molecular formula is C13H17N3OS. The van der Waals surface area contributed by atoms with Crippen molar-refractivity contribution in [2.75, 3.05) is 12.1 Å². The molecular weight excluding hydrogens is 246 g/mol. The number of nitrogens with zero attached hydrogens (tertiary/aromatic N) is 2. The molecule has 0 aromatic carbocycles. The van der Waals surface area contributed by atoms with E-state index in [9.17, 15) is 0 Å². The Morgan fingerprint density at radius 1 is 1.39 bits per heavy atom. The van der Waals surface area contributed by atoms with Crippen LogP contribution in [0.15, 0.2) is 6.33 Å². The molecule has 0 spiro atoms. The van der Waals surface area contributed by atoms with Crippen molar-refractivity contribution in [3.05, 3.63) is 16.8 Å². The van der Waals surface area contributed by atoms with Gasteiger partial charge in [-0.3, -0.25) is 4.84 Å². The molecule has 18 heavy (non-hydrogen) atoms. The lowest BCUT2D eigenvalue weighted by atomic mass is 10.2. The molecule has 1 aliphatic carbocycles. The lowest BCUT2D eigenvalue weighted by Gasteiger charge is -2.09. The summed E-state index contributed by atoms with van der Waals surface area (Å²) in [5.41, 5.74) is 4.41. The van der Waals surface area contributed by atoms with Gasteiger partial charge in [0.25, 0.3) is 0 Å². The molecule has 96 valence electrons. The first-order valence-corrected chi connectivity index (χ1v) is 7.20. The lowest BCUT2D eigenvalue weighted by Crippen LogP contribution is -2.09. The Labute approximate surface area is 110 Å². The molecule has 0 saturated carbocycles. The molecule has 2 aromatic rings. The molecule has 0 radical (unpaired) electrons. The summed E-state index contributed by atoms with van der Waals surface area (Å²) in [6.07, 6.45) is 5.18. The number of fused-ring (bicyclic) bond motifs is 3. The van der Waals surface area contributed by atoms with Crippen molar-refractivity contribution in [2.45, 2.75) is 33.1 Å². The maximum atomic E-state index is 5.48. The molecule has 0 bridgehead atoms. The van der Waals surface area contributed by atoms with Gasteiger partial charge in [-0.15, -0.1) is 11.3 Å². The first-order chi connectivity index (χ1) is 8.75. The lowest BCUT2D eigenvalue weighted by molar-refractivity contribution is 0.162. The van der Waals surface area contributed by atoms with E-state index in [1.54, 1.807) is 17.7 Å². The predicted molar refractivity (Wildman–Crippen MR) is 73.9 cm³/mol. The molecule has 0 fully saturated rings. The van der Waals surface area contributed by atoms with Gasteiger partial charge in [-0.05, 0) is 30.7 Å². The minimum atomic E-state index is 0.503. The van der Waals surface area contributed by atoms with Crippen molar-refractivity contribution >= 4 is 27.4 Å². The van der Waals surface area contributed by atoms with E-state index in [2.05, 4.69) is 29.3 Å². The number of nitrogens with one attached hydrogen (secondary N) is 1. The maximum Gasteiger partial charge on any atom is 0.162 e. The normalized spacial score (nSPS) is 14.4. The van der Waals surface area contributed by atoms with E-state index in [1.807, 2.05) is 0 Å². The maximum absolute atomic E-state index is 5.48. The van der Waals surface area contributed by atoms with Crippen molar-refractivity contribution in [2.24, 2.45) is 5.92 Å². The van der Waals surface area contributed by atoms with Crippen molar-refractivity contribution in [1.29, 1.82) is 0 Å². The molecule has 4 nitrogen and oxygen atoms in total. The van der Waals surface area contributed by atoms with Crippen molar-refractivity contribution in [3.8, 4) is 0 Å². The summed E-state index contributed by atoms with van der Waals surface area (Å²) in [5.74, 6) is 1.32. The van der Waals surface area contributed by atoms with Crippen molar-refractivity contribution in [3.63, 3.8) is 0 Å². The van der Waals surface area contributed by atoms with Crippen molar-refractivity contribution in [1.82, 2.24) is 9.97 Å². The Kier molecular flexibility index (Phi) is 3.18. The average molecular weight is 263 g/mol. The zero-order valence-corrected chi connectivity index (χ0v) is 11.5. The Morgan fingerprint density at radius 3 is 3.11 bits per heavy atom. The molecule has 0 atom stereocenters. The molecule has 1 N–H and O–H groups in total. The minimum Gasteiger partial charge on any atom is -0.274 e. The second-order valence-corrected chi connectivity index (χ2v) is 6.15. The molecule has 0 unspecified atom stereocenters. The summed E-state index contributed by atoms with van der Waals surface area (Å²) < 4.78 is 0. The van der Waals surface area contributed by atoms with E-state index < -0.39 is 0 Å². The molecule has 3 rings (SSSR count). The van der Waals surface area contributed by atoms with Crippen LogP contribution in [-0.2, 0) is 17.7 Å². The molecule has 2 heterocycles. The Balaban J connectivity index is 1.91. The summed E-state index contributed by atoms with van der Waals surface area (Å²) >= 11 is 1.79. The van der Waals surface area contributed by atoms with Gasteiger partial charge in [0.05, 0.1) is 12.0 Å².